The van der Waals surface area contributed by atoms with E-state index in [4.69, 9.17) is 14.6 Å². The second kappa shape index (κ2) is 5.24. The number of methoxy groups -OCH3 is 1. The Bertz CT molecular complexity index is 447. The average Bonchev–Trinajstić information content (AvgIpc) is 2.17. The van der Waals surface area contributed by atoms with Gasteiger partial charge in [0.2, 0.25) is 15.9 Å². The van der Waals surface area contributed by atoms with E-state index in [9.17, 15) is 8.42 Å². The highest BCUT2D eigenvalue weighted by Gasteiger charge is 2.17. The Labute approximate surface area is 94.4 Å². The van der Waals surface area contributed by atoms with E-state index in [0.29, 0.717) is 6.61 Å². The summed E-state index contributed by atoms with van der Waals surface area (Å²) < 4.78 is 32.6. The number of hydrogen-bond donors (Lipinski definition) is 1. The Kier molecular flexibility index (Phi) is 4.22. The third-order valence-electron chi connectivity index (χ3n) is 1.76. The summed E-state index contributed by atoms with van der Waals surface area (Å²) in [5, 5.41) is 5.03. The van der Waals surface area contributed by atoms with Gasteiger partial charge in [0.15, 0.2) is 0 Å². The van der Waals surface area contributed by atoms with Gasteiger partial charge in [-0.15, -0.1) is 0 Å². The lowest BCUT2D eigenvalue weighted by Crippen LogP contribution is -2.21. The molecule has 0 amide bonds. The van der Waals surface area contributed by atoms with E-state index in [1.165, 1.54) is 25.4 Å². The molecule has 0 saturated carbocycles. The Morgan fingerprint density at radius 2 is 2.25 bits per heavy atom. The minimum Gasteiger partial charge on any atom is -0.471 e. The van der Waals surface area contributed by atoms with E-state index in [2.05, 4.69) is 4.98 Å². The van der Waals surface area contributed by atoms with Gasteiger partial charge < -0.3 is 9.47 Å². The SMILES string of the molecule is COCC(C)Oc1ncccc1S(N)(=O)=O. The average molecular weight is 246 g/mol. The Balaban J connectivity index is 2.96. The minimum absolute atomic E-state index is 0.00505. The topological polar surface area (TPSA) is 91.5 Å². The lowest BCUT2D eigenvalue weighted by Gasteiger charge is -2.14. The minimum atomic E-state index is -3.82. The fourth-order valence-corrected chi connectivity index (χ4v) is 1.75. The molecule has 1 aromatic rings. The molecule has 1 unspecified atom stereocenters. The molecule has 90 valence electrons. The summed E-state index contributed by atoms with van der Waals surface area (Å²) in [5.74, 6) is -0.00505. The van der Waals surface area contributed by atoms with Crippen molar-refractivity contribution in [3.8, 4) is 5.88 Å². The highest BCUT2D eigenvalue weighted by atomic mass is 32.2. The second-order valence-corrected chi connectivity index (χ2v) is 4.77. The van der Waals surface area contributed by atoms with Crippen LogP contribution in [0.25, 0.3) is 0 Å². The smallest absolute Gasteiger partial charge is 0.243 e. The van der Waals surface area contributed by atoms with Crippen molar-refractivity contribution in [2.45, 2.75) is 17.9 Å². The van der Waals surface area contributed by atoms with Crippen LogP contribution in [0.15, 0.2) is 23.2 Å². The summed E-state index contributed by atoms with van der Waals surface area (Å²) >= 11 is 0. The largest absolute Gasteiger partial charge is 0.471 e. The Morgan fingerprint density at radius 3 is 2.81 bits per heavy atom. The summed E-state index contributed by atoms with van der Waals surface area (Å²) in [6.45, 7) is 2.08. The quantitative estimate of drug-likeness (QED) is 0.798. The molecule has 0 bridgehead atoms. The third-order valence-corrected chi connectivity index (χ3v) is 2.68. The molecule has 1 atom stereocenters. The molecule has 1 aromatic heterocycles. The molecular formula is C9H14N2O4S. The van der Waals surface area contributed by atoms with Gasteiger partial charge in [0.25, 0.3) is 0 Å². The van der Waals surface area contributed by atoms with Crippen LogP contribution >= 0.6 is 0 Å². The molecule has 0 aliphatic carbocycles. The van der Waals surface area contributed by atoms with Crippen molar-refractivity contribution in [3.63, 3.8) is 0 Å². The van der Waals surface area contributed by atoms with E-state index in [1.54, 1.807) is 6.92 Å². The van der Waals surface area contributed by atoms with Gasteiger partial charge in [-0.05, 0) is 19.1 Å². The Morgan fingerprint density at radius 1 is 1.56 bits per heavy atom. The summed E-state index contributed by atoms with van der Waals surface area (Å²) in [5.41, 5.74) is 0. The number of pyridine rings is 1. The number of ether oxygens (including phenoxy) is 2. The first-order valence-corrected chi connectivity index (χ1v) is 6.13. The number of rotatable bonds is 5. The normalized spacial score (nSPS) is 13.4. The number of primary sulfonamides is 1. The number of hydrogen-bond acceptors (Lipinski definition) is 5. The van der Waals surface area contributed by atoms with Crippen LogP contribution in [0.1, 0.15) is 6.92 Å². The van der Waals surface area contributed by atoms with Gasteiger partial charge in [0.1, 0.15) is 11.0 Å². The predicted molar refractivity (Wildman–Crippen MR) is 57.6 cm³/mol. The maximum Gasteiger partial charge on any atom is 0.243 e. The van der Waals surface area contributed by atoms with Gasteiger partial charge in [0.05, 0.1) is 6.61 Å². The van der Waals surface area contributed by atoms with Crippen molar-refractivity contribution in [1.82, 2.24) is 4.98 Å². The van der Waals surface area contributed by atoms with E-state index in [-0.39, 0.29) is 16.9 Å². The van der Waals surface area contributed by atoms with Gasteiger partial charge in [-0.1, -0.05) is 0 Å². The second-order valence-electron chi connectivity index (χ2n) is 3.24. The molecule has 7 heteroatoms. The van der Waals surface area contributed by atoms with Crippen molar-refractivity contribution in [2.24, 2.45) is 5.14 Å². The highest BCUT2D eigenvalue weighted by molar-refractivity contribution is 7.89. The van der Waals surface area contributed by atoms with Crippen molar-refractivity contribution in [3.05, 3.63) is 18.3 Å². The first kappa shape index (κ1) is 12.9. The summed E-state index contributed by atoms with van der Waals surface area (Å²) in [6, 6.07) is 2.82. The number of nitrogens with two attached hydrogens (primary N) is 1. The number of aromatic nitrogens is 1. The van der Waals surface area contributed by atoms with Crippen LogP contribution in [0, 0.1) is 0 Å². The third kappa shape index (κ3) is 3.44. The summed E-state index contributed by atoms with van der Waals surface area (Å²) in [4.78, 5) is 3.70. The van der Waals surface area contributed by atoms with E-state index >= 15 is 0 Å². The molecule has 0 aliphatic heterocycles. The maximum atomic E-state index is 11.2. The zero-order valence-electron chi connectivity index (χ0n) is 9.08. The van der Waals surface area contributed by atoms with Gasteiger partial charge in [-0.2, -0.15) is 0 Å². The number of sulfonamides is 1. The van der Waals surface area contributed by atoms with Crippen LogP contribution in [0.5, 0.6) is 5.88 Å². The fraction of sp³-hybridized carbons (Fsp3) is 0.444. The van der Waals surface area contributed by atoms with Crippen molar-refractivity contribution in [2.75, 3.05) is 13.7 Å². The van der Waals surface area contributed by atoms with Gasteiger partial charge >= 0.3 is 0 Å². The highest BCUT2D eigenvalue weighted by Crippen LogP contribution is 2.19. The zero-order chi connectivity index (χ0) is 12.2. The molecular weight excluding hydrogens is 232 g/mol. The van der Waals surface area contributed by atoms with Crippen LogP contribution < -0.4 is 9.88 Å². The lowest BCUT2D eigenvalue weighted by atomic mass is 10.4. The Hall–Kier alpha value is -1.18. The molecule has 16 heavy (non-hydrogen) atoms. The van der Waals surface area contributed by atoms with Gasteiger partial charge in [-0.25, -0.2) is 18.5 Å². The van der Waals surface area contributed by atoms with Crippen LogP contribution in [0.4, 0.5) is 0 Å². The molecule has 0 radical (unpaired) electrons. The maximum absolute atomic E-state index is 11.2. The molecule has 2 N–H and O–H groups in total. The van der Waals surface area contributed by atoms with E-state index in [1.807, 2.05) is 0 Å². The van der Waals surface area contributed by atoms with Crippen molar-refractivity contribution in [1.29, 1.82) is 0 Å². The van der Waals surface area contributed by atoms with Crippen LogP contribution in [0.3, 0.4) is 0 Å². The molecule has 1 rings (SSSR count). The van der Waals surface area contributed by atoms with Crippen LogP contribution in [-0.4, -0.2) is 33.2 Å². The monoisotopic (exact) mass is 246 g/mol. The molecule has 6 nitrogen and oxygen atoms in total. The fourth-order valence-electron chi connectivity index (χ4n) is 1.14. The standard InChI is InChI=1S/C9H14N2O4S/c1-7(6-14-2)15-9-8(16(10,12)13)4-3-5-11-9/h3-5,7H,6H2,1-2H3,(H2,10,12,13). The van der Waals surface area contributed by atoms with Crippen molar-refractivity contribution < 1.29 is 17.9 Å². The van der Waals surface area contributed by atoms with Crippen LogP contribution in [-0.2, 0) is 14.8 Å². The van der Waals surface area contributed by atoms with Gasteiger partial charge in [0, 0.05) is 13.3 Å². The molecule has 0 aliphatic rings. The van der Waals surface area contributed by atoms with E-state index in [0.717, 1.165) is 0 Å². The van der Waals surface area contributed by atoms with Crippen LogP contribution in [0.2, 0.25) is 0 Å². The molecule has 0 spiro atoms. The molecule has 0 aromatic carbocycles. The zero-order valence-corrected chi connectivity index (χ0v) is 9.90. The lowest BCUT2D eigenvalue weighted by molar-refractivity contribution is 0.0867. The summed E-state index contributed by atoms with van der Waals surface area (Å²) in [7, 11) is -2.30. The van der Waals surface area contributed by atoms with Crippen molar-refractivity contribution >= 4 is 10.0 Å². The van der Waals surface area contributed by atoms with Gasteiger partial charge in [-0.3, -0.25) is 0 Å². The molecule has 1 heterocycles. The molecule has 0 fully saturated rings. The summed E-state index contributed by atoms with van der Waals surface area (Å²) in [6.07, 6.45) is 1.13. The first-order chi connectivity index (χ1) is 7.45. The van der Waals surface area contributed by atoms with E-state index < -0.39 is 10.0 Å². The predicted octanol–water partition coefficient (Wildman–Crippen LogP) is 0.143. The number of nitrogens with zero attached hydrogens (tertiary/aromatic N) is 1. The molecule has 0 saturated heterocycles. The first-order valence-electron chi connectivity index (χ1n) is 4.58.